The summed E-state index contributed by atoms with van der Waals surface area (Å²) in [5, 5.41) is 0. The number of hydrogen-bond acceptors (Lipinski definition) is 6. The molecule has 1 aromatic rings. The van der Waals surface area contributed by atoms with E-state index < -0.39 is 5.91 Å². The lowest BCUT2D eigenvalue weighted by Gasteiger charge is -2.31. The van der Waals surface area contributed by atoms with Crippen LogP contribution in [0.3, 0.4) is 0 Å². The van der Waals surface area contributed by atoms with Crippen molar-refractivity contribution in [1.82, 2.24) is 29.2 Å². The number of primary amides is 1. The Labute approximate surface area is 423 Å². The Morgan fingerprint density at radius 3 is 0.971 bits per heavy atom. The standard InChI is InChI=1S/C57H107N7O5/c1-5-9-13-17-21-25-29-36-43-61(48-53(58)65)55(67)50-63(45-38-31-27-23-19-15-11-7-3)57(69)51-64(46-39-32-28-24-20-16-12-8-4)56(68)49-62(44-37-30-26-22-18-14-10-6-2)54(66)40-34-33-35-42-60-47-41-59-52-60/h41,47,52H,5-40,42-46,48-51H2,1-4H3,(H2,58,65). The van der Waals surface area contributed by atoms with Gasteiger partial charge in [0, 0.05) is 51.5 Å². The van der Waals surface area contributed by atoms with Crippen molar-refractivity contribution < 1.29 is 24.0 Å². The van der Waals surface area contributed by atoms with Gasteiger partial charge in [-0.1, -0.05) is 214 Å². The molecule has 1 aromatic heterocycles. The molecule has 0 fully saturated rings. The quantitative estimate of drug-likeness (QED) is 0.0644. The molecule has 5 amide bonds. The van der Waals surface area contributed by atoms with Crippen molar-refractivity contribution >= 4 is 29.5 Å². The summed E-state index contributed by atoms with van der Waals surface area (Å²) in [5.74, 6) is -1.31. The number of nitrogens with zero attached hydrogens (tertiary/aromatic N) is 6. The van der Waals surface area contributed by atoms with Crippen molar-refractivity contribution in [1.29, 1.82) is 0 Å². The molecule has 2 N–H and O–H groups in total. The number of imidazole rings is 1. The minimum absolute atomic E-state index is 0.000218. The van der Waals surface area contributed by atoms with E-state index in [-0.39, 0.29) is 49.8 Å². The maximum absolute atomic E-state index is 14.5. The van der Waals surface area contributed by atoms with Crippen molar-refractivity contribution in [3.63, 3.8) is 0 Å². The van der Waals surface area contributed by atoms with E-state index in [4.69, 9.17) is 5.73 Å². The zero-order valence-electron chi connectivity index (χ0n) is 45.4. The topological polar surface area (TPSA) is 142 Å². The molecule has 1 rings (SSSR count). The molecule has 12 heteroatoms. The minimum atomic E-state index is -0.563. The van der Waals surface area contributed by atoms with E-state index in [9.17, 15) is 24.0 Å². The van der Waals surface area contributed by atoms with Gasteiger partial charge >= 0.3 is 0 Å². The van der Waals surface area contributed by atoms with Crippen molar-refractivity contribution in [2.24, 2.45) is 5.73 Å². The Morgan fingerprint density at radius 1 is 0.377 bits per heavy atom. The molecule has 0 aliphatic carbocycles. The van der Waals surface area contributed by atoms with Crippen LogP contribution in [0.2, 0.25) is 0 Å². The number of aromatic nitrogens is 2. The van der Waals surface area contributed by atoms with Gasteiger partial charge in [-0.05, 0) is 38.5 Å². The van der Waals surface area contributed by atoms with E-state index in [0.717, 1.165) is 122 Å². The second kappa shape index (κ2) is 45.7. The summed E-state index contributed by atoms with van der Waals surface area (Å²) in [6, 6.07) is 0. The van der Waals surface area contributed by atoms with Crippen LogP contribution in [0.5, 0.6) is 0 Å². The van der Waals surface area contributed by atoms with E-state index >= 15 is 0 Å². The average Bonchev–Trinajstić information content (AvgIpc) is 3.86. The third-order valence-corrected chi connectivity index (χ3v) is 13.7. The summed E-state index contributed by atoms with van der Waals surface area (Å²) in [5.41, 5.74) is 5.67. The maximum Gasteiger partial charge on any atom is 0.242 e. The van der Waals surface area contributed by atoms with Crippen LogP contribution in [0.15, 0.2) is 18.7 Å². The summed E-state index contributed by atoms with van der Waals surface area (Å²) in [6.45, 7) is 11.0. The van der Waals surface area contributed by atoms with Crippen molar-refractivity contribution in [3.8, 4) is 0 Å². The van der Waals surface area contributed by atoms with Crippen molar-refractivity contribution in [2.75, 3.05) is 52.4 Å². The van der Waals surface area contributed by atoms with E-state index in [1.165, 1.54) is 114 Å². The molecule has 0 aliphatic rings. The van der Waals surface area contributed by atoms with Gasteiger partial charge in [0.05, 0.1) is 32.5 Å². The lowest BCUT2D eigenvalue weighted by Crippen LogP contribution is -2.50. The Hall–Kier alpha value is -3.44. The zero-order chi connectivity index (χ0) is 50.4. The molecule has 0 aromatic carbocycles. The molecule has 0 aliphatic heterocycles. The summed E-state index contributed by atoms with van der Waals surface area (Å²) >= 11 is 0. The predicted octanol–water partition coefficient (Wildman–Crippen LogP) is 12.8. The fraction of sp³-hybridized carbons (Fsp3) is 0.860. The van der Waals surface area contributed by atoms with Crippen LogP contribution in [0.4, 0.5) is 0 Å². The van der Waals surface area contributed by atoms with Gasteiger partial charge in [-0.15, -0.1) is 0 Å². The van der Waals surface area contributed by atoms with Gasteiger partial charge in [-0.3, -0.25) is 24.0 Å². The molecular weight excluding hydrogens is 863 g/mol. The molecule has 400 valence electrons. The van der Waals surface area contributed by atoms with Crippen LogP contribution in [0, 0.1) is 0 Å². The first-order chi connectivity index (χ1) is 33.7. The summed E-state index contributed by atoms with van der Waals surface area (Å²) in [4.78, 5) is 80.0. The molecular formula is C57H107N7O5. The number of rotatable bonds is 50. The molecule has 0 unspecified atom stereocenters. The lowest BCUT2D eigenvalue weighted by molar-refractivity contribution is -0.146. The highest BCUT2D eigenvalue weighted by molar-refractivity contribution is 5.91. The first kappa shape index (κ1) is 63.6. The molecule has 69 heavy (non-hydrogen) atoms. The molecule has 0 radical (unpaired) electrons. The third kappa shape index (κ3) is 36.2. The second-order valence-corrected chi connectivity index (χ2v) is 20.2. The molecule has 0 saturated heterocycles. The monoisotopic (exact) mass is 970 g/mol. The van der Waals surface area contributed by atoms with Crippen LogP contribution >= 0.6 is 0 Å². The summed E-state index contributed by atoms with van der Waals surface area (Å²) in [7, 11) is 0. The Morgan fingerprint density at radius 2 is 0.667 bits per heavy atom. The summed E-state index contributed by atoms with van der Waals surface area (Å²) in [6.07, 6.45) is 44.4. The molecule has 12 nitrogen and oxygen atoms in total. The number of aryl methyl sites for hydroxylation is 1. The number of hydrogen-bond donors (Lipinski definition) is 1. The van der Waals surface area contributed by atoms with E-state index in [1.54, 1.807) is 20.9 Å². The number of amides is 5. The SMILES string of the molecule is CCCCCCCCCCN(CC(N)=O)C(=O)CN(CCCCCCCCCC)C(=O)CN(CCCCCCCCCC)C(=O)CN(CCCCCCCCCC)C(=O)CCCCCn1ccnc1. The molecule has 1 heterocycles. The van der Waals surface area contributed by atoms with E-state index in [1.807, 2.05) is 12.5 Å². The van der Waals surface area contributed by atoms with Gasteiger partial charge < -0.3 is 29.9 Å². The van der Waals surface area contributed by atoms with Gasteiger partial charge in [-0.2, -0.15) is 0 Å². The molecule has 0 saturated carbocycles. The average molecular weight is 971 g/mol. The van der Waals surface area contributed by atoms with Crippen LogP contribution < -0.4 is 5.73 Å². The van der Waals surface area contributed by atoms with E-state index in [2.05, 4.69) is 37.2 Å². The molecule has 0 atom stereocenters. The van der Waals surface area contributed by atoms with Gasteiger partial charge in [0.25, 0.3) is 0 Å². The van der Waals surface area contributed by atoms with Gasteiger partial charge in [-0.25, -0.2) is 4.98 Å². The number of nitrogens with two attached hydrogens (primary N) is 1. The first-order valence-electron chi connectivity index (χ1n) is 29.0. The molecule has 0 spiro atoms. The highest BCUT2D eigenvalue weighted by atomic mass is 16.2. The van der Waals surface area contributed by atoms with E-state index in [0.29, 0.717) is 32.6 Å². The number of carbonyl (C=O) groups is 5. The van der Waals surface area contributed by atoms with Crippen LogP contribution in [-0.2, 0) is 30.5 Å². The van der Waals surface area contributed by atoms with Crippen molar-refractivity contribution in [3.05, 3.63) is 18.7 Å². The Balaban J connectivity index is 3.24. The molecule has 0 bridgehead atoms. The van der Waals surface area contributed by atoms with Gasteiger partial charge in [0.1, 0.15) is 0 Å². The number of carbonyl (C=O) groups excluding carboxylic acids is 5. The van der Waals surface area contributed by atoms with Crippen molar-refractivity contribution in [2.45, 2.75) is 265 Å². The van der Waals surface area contributed by atoms with Gasteiger partial charge in [0.2, 0.25) is 29.5 Å². The highest BCUT2D eigenvalue weighted by Gasteiger charge is 2.27. The fourth-order valence-corrected chi connectivity index (χ4v) is 9.22. The first-order valence-corrected chi connectivity index (χ1v) is 29.0. The summed E-state index contributed by atoms with van der Waals surface area (Å²) < 4.78 is 2.05. The Kier molecular flexibility index (Phi) is 42.1. The minimum Gasteiger partial charge on any atom is -0.368 e. The van der Waals surface area contributed by atoms with Gasteiger partial charge in [0.15, 0.2) is 0 Å². The van der Waals surface area contributed by atoms with Crippen LogP contribution in [0.1, 0.15) is 259 Å². The normalized spacial score (nSPS) is 11.2. The highest BCUT2D eigenvalue weighted by Crippen LogP contribution is 2.15. The van der Waals surface area contributed by atoms with Crippen LogP contribution in [-0.4, -0.2) is 111 Å². The Bertz CT molecular complexity index is 1390. The fourth-order valence-electron chi connectivity index (χ4n) is 9.22. The lowest BCUT2D eigenvalue weighted by atomic mass is 10.1. The third-order valence-electron chi connectivity index (χ3n) is 13.7. The largest absolute Gasteiger partial charge is 0.368 e. The van der Waals surface area contributed by atoms with Crippen LogP contribution in [0.25, 0.3) is 0 Å². The zero-order valence-corrected chi connectivity index (χ0v) is 45.4. The number of unbranched alkanes of at least 4 members (excludes halogenated alkanes) is 30. The predicted molar refractivity (Wildman–Crippen MR) is 287 cm³/mol. The second-order valence-electron chi connectivity index (χ2n) is 20.2. The maximum atomic E-state index is 14.5. The smallest absolute Gasteiger partial charge is 0.242 e.